The van der Waals surface area contributed by atoms with E-state index in [4.69, 9.17) is 0 Å². The summed E-state index contributed by atoms with van der Waals surface area (Å²) in [5, 5.41) is 6.02. The lowest BCUT2D eigenvalue weighted by Gasteiger charge is -2.07. The zero-order valence-electron chi connectivity index (χ0n) is 11.2. The minimum atomic E-state index is -0.770. The van der Waals surface area contributed by atoms with Gasteiger partial charge >= 0.3 is 11.1 Å². The molecule has 0 saturated carbocycles. The van der Waals surface area contributed by atoms with Crippen LogP contribution in [0.15, 0.2) is 33.1 Å². The fraction of sp³-hybridized carbons (Fsp3) is 0.333. The molecule has 7 nitrogen and oxygen atoms in total. The standard InChI is InChI=1S/C12H15N5O2S/c1-3-13-9-6-8(4-5-14-9)7-20-12-15-10(18)11(19)16-17(12)2/h4-6H,3,7H2,1-2H3,(H,13,14)(H,16,19). The van der Waals surface area contributed by atoms with E-state index in [0.717, 1.165) is 17.9 Å². The van der Waals surface area contributed by atoms with Crippen LogP contribution in [0.5, 0.6) is 0 Å². The second kappa shape index (κ2) is 6.38. The van der Waals surface area contributed by atoms with Gasteiger partial charge in [-0.3, -0.25) is 19.4 Å². The molecule has 2 heterocycles. The van der Waals surface area contributed by atoms with Gasteiger partial charge in [0.15, 0.2) is 5.16 Å². The molecule has 2 rings (SSSR count). The summed E-state index contributed by atoms with van der Waals surface area (Å²) in [6.07, 6.45) is 1.73. The molecular formula is C12H15N5O2S. The van der Waals surface area contributed by atoms with E-state index in [2.05, 4.69) is 20.4 Å². The molecule has 2 aromatic rings. The zero-order valence-corrected chi connectivity index (χ0v) is 12.0. The van der Waals surface area contributed by atoms with E-state index in [1.165, 1.54) is 16.4 Å². The van der Waals surface area contributed by atoms with Crippen molar-refractivity contribution in [2.24, 2.45) is 7.05 Å². The van der Waals surface area contributed by atoms with Gasteiger partial charge in [-0.2, -0.15) is 4.98 Å². The van der Waals surface area contributed by atoms with Crippen LogP contribution in [0.25, 0.3) is 0 Å². The number of aromatic nitrogens is 4. The van der Waals surface area contributed by atoms with Gasteiger partial charge in [0.2, 0.25) is 0 Å². The molecule has 20 heavy (non-hydrogen) atoms. The molecule has 0 spiro atoms. The minimum Gasteiger partial charge on any atom is -0.370 e. The van der Waals surface area contributed by atoms with Crippen molar-refractivity contribution in [1.82, 2.24) is 19.7 Å². The quantitative estimate of drug-likeness (QED) is 0.619. The Kier molecular flexibility index (Phi) is 4.57. The first-order valence-corrected chi connectivity index (χ1v) is 7.07. The average Bonchev–Trinajstić information content (AvgIpc) is 2.42. The summed E-state index contributed by atoms with van der Waals surface area (Å²) in [5.41, 5.74) is -0.426. The summed E-state index contributed by atoms with van der Waals surface area (Å²) in [6, 6.07) is 3.85. The van der Waals surface area contributed by atoms with Gasteiger partial charge in [0.05, 0.1) is 0 Å². The van der Waals surface area contributed by atoms with Crippen LogP contribution in [0.3, 0.4) is 0 Å². The lowest BCUT2D eigenvalue weighted by atomic mass is 10.3. The minimum absolute atomic E-state index is 0.469. The van der Waals surface area contributed by atoms with Crippen LogP contribution in [0.1, 0.15) is 12.5 Å². The first kappa shape index (κ1) is 14.3. The van der Waals surface area contributed by atoms with Crippen LogP contribution in [-0.2, 0) is 12.8 Å². The highest BCUT2D eigenvalue weighted by molar-refractivity contribution is 7.98. The van der Waals surface area contributed by atoms with Crippen molar-refractivity contribution >= 4 is 17.6 Å². The molecule has 0 fully saturated rings. The molecule has 0 atom stereocenters. The largest absolute Gasteiger partial charge is 0.370 e. The lowest BCUT2D eigenvalue weighted by Crippen LogP contribution is -2.33. The molecule has 0 saturated heterocycles. The Bertz CT molecular complexity index is 709. The zero-order chi connectivity index (χ0) is 14.5. The summed E-state index contributed by atoms with van der Waals surface area (Å²) in [4.78, 5) is 30.3. The molecule has 0 radical (unpaired) electrons. The van der Waals surface area contributed by atoms with Crippen LogP contribution in [0.4, 0.5) is 5.82 Å². The third-order valence-electron chi connectivity index (χ3n) is 2.50. The number of hydrogen-bond acceptors (Lipinski definition) is 6. The topological polar surface area (TPSA) is 92.7 Å². The third kappa shape index (κ3) is 3.47. The van der Waals surface area contributed by atoms with Crippen LogP contribution in [-0.4, -0.2) is 26.3 Å². The van der Waals surface area contributed by atoms with Crippen molar-refractivity contribution in [3.63, 3.8) is 0 Å². The van der Waals surface area contributed by atoms with Crippen molar-refractivity contribution in [3.05, 3.63) is 44.6 Å². The number of anilines is 1. The smallest absolute Gasteiger partial charge is 0.339 e. The average molecular weight is 293 g/mol. The van der Waals surface area contributed by atoms with Crippen LogP contribution < -0.4 is 16.4 Å². The number of thioether (sulfide) groups is 1. The summed E-state index contributed by atoms with van der Waals surface area (Å²) < 4.78 is 1.45. The third-order valence-corrected chi connectivity index (χ3v) is 3.60. The number of H-pyrrole nitrogens is 1. The Labute approximate surface area is 119 Å². The predicted octanol–water partition coefficient (Wildman–Crippen LogP) is 0.588. The molecule has 0 aliphatic heterocycles. The fourth-order valence-corrected chi connectivity index (χ4v) is 2.44. The van der Waals surface area contributed by atoms with Gasteiger partial charge < -0.3 is 5.32 Å². The van der Waals surface area contributed by atoms with Gasteiger partial charge in [0.1, 0.15) is 5.82 Å². The van der Waals surface area contributed by atoms with Crippen molar-refractivity contribution in [2.45, 2.75) is 17.8 Å². The summed E-state index contributed by atoms with van der Waals surface area (Å²) >= 11 is 1.38. The van der Waals surface area contributed by atoms with Gasteiger partial charge in [0.25, 0.3) is 0 Å². The molecule has 0 aliphatic rings. The first-order valence-electron chi connectivity index (χ1n) is 6.09. The Morgan fingerprint density at radius 1 is 1.45 bits per heavy atom. The molecular weight excluding hydrogens is 278 g/mol. The van der Waals surface area contributed by atoms with Crippen LogP contribution in [0.2, 0.25) is 0 Å². The summed E-state index contributed by atoms with van der Waals surface area (Å²) in [6.45, 7) is 2.81. The maximum absolute atomic E-state index is 11.2. The summed E-state index contributed by atoms with van der Waals surface area (Å²) in [5.74, 6) is 1.45. The number of nitrogens with one attached hydrogen (secondary N) is 2. The van der Waals surface area contributed by atoms with E-state index >= 15 is 0 Å². The number of hydrogen-bond donors (Lipinski definition) is 2. The maximum Gasteiger partial charge on any atom is 0.339 e. The monoisotopic (exact) mass is 293 g/mol. The van der Waals surface area contributed by atoms with Crippen LogP contribution in [0, 0.1) is 0 Å². The van der Waals surface area contributed by atoms with E-state index in [0.29, 0.717) is 10.9 Å². The van der Waals surface area contributed by atoms with E-state index in [9.17, 15) is 9.59 Å². The number of aryl methyl sites for hydroxylation is 1. The molecule has 2 aromatic heterocycles. The van der Waals surface area contributed by atoms with Gasteiger partial charge in [-0.05, 0) is 24.6 Å². The van der Waals surface area contributed by atoms with Crippen molar-refractivity contribution in [3.8, 4) is 0 Å². The molecule has 0 aromatic carbocycles. The number of nitrogens with zero attached hydrogens (tertiary/aromatic N) is 3. The second-order valence-corrected chi connectivity index (χ2v) is 5.01. The normalized spacial score (nSPS) is 10.5. The molecule has 8 heteroatoms. The van der Waals surface area contributed by atoms with Gasteiger partial charge in [-0.1, -0.05) is 11.8 Å². The number of pyridine rings is 1. The van der Waals surface area contributed by atoms with E-state index < -0.39 is 11.1 Å². The predicted molar refractivity (Wildman–Crippen MR) is 78.1 cm³/mol. The molecule has 106 valence electrons. The van der Waals surface area contributed by atoms with E-state index in [1.54, 1.807) is 13.2 Å². The first-order chi connectivity index (χ1) is 9.60. The van der Waals surface area contributed by atoms with Gasteiger partial charge in [-0.25, -0.2) is 4.98 Å². The lowest BCUT2D eigenvalue weighted by molar-refractivity contribution is 0.596. The van der Waals surface area contributed by atoms with Crippen molar-refractivity contribution in [2.75, 3.05) is 11.9 Å². The molecule has 0 unspecified atom stereocenters. The van der Waals surface area contributed by atoms with Crippen molar-refractivity contribution < 1.29 is 0 Å². The highest BCUT2D eigenvalue weighted by atomic mass is 32.2. The summed E-state index contributed by atoms with van der Waals surface area (Å²) in [7, 11) is 1.65. The Morgan fingerprint density at radius 2 is 2.25 bits per heavy atom. The fourth-order valence-electron chi connectivity index (χ4n) is 1.58. The van der Waals surface area contributed by atoms with Gasteiger partial charge in [0, 0.05) is 25.5 Å². The SMILES string of the molecule is CCNc1cc(CSc2nc(=O)c(=O)[nH]n2C)ccn1. The number of rotatable bonds is 5. The Hall–Kier alpha value is -2.09. The van der Waals surface area contributed by atoms with Crippen molar-refractivity contribution in [1.29, 1.82) is 0 Å². The molecule has 0 bridgehead atoms. The molecule has 2 N–H and O–H groups in total. The number of aromatic amines is 1. The molecule has 0 amide bonds. The maximum atomic E-state index is 11.2. The Morgan fingerprint density at radius 3 is 3.00 bits per heavy atom. The highest BCUT2D eigenvalue weighted by Crippen LogP contribution is 2.19. The molecule has 0 aliphatic carbocycles. The van der Waals surface area contributed by atoms with E-state index in [-0.39, 0.29) is 0 Å². The van der Waals surface area contributed by atoms with Crippen LogP contribution >= 0.6 is 11.8 Å². The van der Waals surface area contributed by atoms with Gasteiger partial charge in [-0.15, -0.1) is 0 Å². The highest BCUT2D eigenvalue weighted by Gasteiger charge is 2.05. The Balaban J connectivity index is 2.12. The second-order valence-electron chi connectivity index (χ2n) is 4.07. The van der Waals surface area contributed by atoms with E-state index in [1.807, 2.05) is 19.1 Å².